The molecule has 0 radical (unpaired) electrons. The van der Waals surface area contributed by atoms with Crippen LogP contribution >= 0.6 is 0 Å². The number of hydrogen-bond acceptors (Lipinski definition) is 6. The Kier molecular flexibility index (Phi) is 6.26. The summed E-state index contributed by atoms with van der Waals surface area (Å²) < 4.78 is 32.2. The predicted octanol–water partition coefficient (Wildman–Crippen LogP) is 1.59. The predicted molar refractivity (Wildman–Crippen MR) is 129 cm³/mol. The van der Waals surface area contributed by atoms with Crippen LogP contribution in [0.4, 0.5) is 5.69 Å². The Morgan fingerprint density at radius 3 is 2.59 bits per heavy atom. The minimum atomic E-state index is -3.79. The molecular weight excluding hydrogens is 454 g/mol. The van der Waals surface area contributed by atoms with E-state index in [1.165, 1.54) is 12.5 Å². The van der Waals surface area contributed by atoms with Crippen LogP contribution in [0.1, 0.15) is 42.4 Å². The zero-order valence-electron chi connectivity index (χ0n) is 20.1. The second-order valence-corrected chi connectivity index (χ2v) is 11.5. The SMILES string of the molecule is Cn1cnc(S(=O)(=O)NC2Cc3cc(C(=O)NC(C)(C)C)ccc3N(Cc3cncn3C)C2)c1. The van der Waals surface area contributed by atoms with Crippen LogP contribution in [0.2, 0.25) is 0 Å². The van der Waals surface area contributed by atoms with Gasteiger partial charge in [-0.05, 0) is 51.0 Å². The van der Waals surface area contributed by atoms with E-state index in [0.29, 0.717) is 25.1 Å². The maximum Gasteiger partial charge on any atom is 0.259 e. The van der Waals surface area contributed by atoms with E-state index in [4.69, 9.17) is 0 Å². The second-order valence-electron chi connectivity index (χ2n) is 9.82. The van der Waals surface area contributed by atoms with Crippen molar-refractivity contribution in [1.82, 2.24) is 29.1 Å². The van der Waals surface area contributed by atoms with Gasteiger partial charge in [0.25, 0.3) is 15.9 Å². The zero-order chi connectivity index (χ0) is 24.7. The molecule has 1 aromatic carbocycles. The molecule has 1 aliphatic rings. The van der Waals surface area contributed by atoms with Crippen molar-refractivity contribution in [3.8, 4) is 0 Å². The number of nitrogens with zero attached hydrogens (tertiary/aromatic N) is 5. The van der Waals surface area contributed by atoms with Crippen molar-refractivity contribution in [3.05, 3.63) is 60.1 Å². The van der Waals surface area contributed by atoms with Crippen molar-refractivity contribution in [2.45, 2.75) is 50.3 Å². The lowest BCUT2D eigenvalue weighted by atomic mass is 9.95. The van der Waals surface area contributed by atoms with Gasteiger partial charge < -0.3 is 19.4 Å². The molecule has 0 bridgehead atoms. The minimum absolute atomic E-state index is 0.0164. The monoisotopic (exact) mass is 485 g/mol. The van der Waals surface area contributed by atoms with Gasteiger partial charge in [0.05, 0.1) is 24.9 Å². The van der Waals surface area contributed by atoms with E-state index in [2.05, 4.69) is 24.9 Å². The molecule has 10 nitrogen and oxygen atoms in total. The van der Waals surface area contributed by atoms with Gasteiger partial charge in [0, 0.05) is 55.9 Å². The van der Waals surface area contributed by atoms with Crippen molar-refractivity contribution in [3.63, 3.8) is 0 Å². The molecule has 2 aromatic heterocycles. The molecule has 1 amide bonds. The van der Waals surface area contributed by atoms with Crippen LogP contribution in [0.5, 0.6) is 0 Å². The molecule has 0 aliphatic carbocycles. The maximum absolute atomic E-state index is 13.0. The molecule has 0 fully saturated rings. The fraction of sp³-hybridized carbons (Fsp3) is 0.435. The van der Waals surface area contributed by atoms with Gasteiger partial charge in [-0.15, -0.1) is 0 Å². The number of carbonyl (C=O) groups excluding carboxylic acids is 1. The highest BCUT2D eigenvalue weighted by atomic mass is 32.2. The van der Waals surface area contributed by atoms with Gasteiger partial charge >= 0.3 is 0 Å². The number of fused-ring (bicyclic) bond motifs is 1. The first-order valence-corrected chi connectivity index (χ1v) is 12.6. The minimum Gasteiger partial charge on any atom is -0.364 e. The Morgan fingerprint density at radius 2 is 1.97 bits per heavy atom. The molecule has 34 heavy (non-hydrogen) atoms. The molecule has 1 aliphatic heterocycles. The molecule has 3 aromatic rings. The number of amides is 1. The van der Waals surface area contributed by atoms with E-state index in [-0.39, 0.29) is 16.5 Å². The molecule has 182 valence electrons. The van der Waals surface area contributed by atoms with E-state index < -0.39 is 16.1 Å². The first-order chi connectivity index (χ1) is 15.9. The average molecular weight is 486 g/mol. The summed E-state index contributed by atoms with van der Waals surface area (Å²) in [5.41, 5.74) is 3.06. The third-order valence-electron chi connectivity index (χ3n) is 5.63. The van der Waals surface area contributed by atoms with E-state index >= 15 is 0 Å². The molecule has 1 atom stereocenters. The molecule has 11 heteroatoms. The lowest BCUT2D eigenvalue weighted by Crippen LogP contribution is -2.48. The number of benzene rings is 1. The van der Waals surface area contributed by atoms with Crippen molar-refractivity contribution >= 4 is 21.6 Å². The van der Waals surface area contributed by atoms with Crippen LogP contribution in [0.25, 0.3) is 0 Å². The summed E-state index contributed by atoms with van der Waals surface area (Å²) in [4.78, 5) is 23.1. The molecular formula is C23H31N7O3S. The highest BCUT2D eigenvalue weighted by Gasteiger charge is 2.30. The maximum atomic E-state index is 13.0. The standard InChI is InChI=1S/C23H31N7O3S/c1-23(2,3)26-22(31)16-6-7-20-17(8-16)9-18(11-30(20)12-19-10-24-14-29(19)5)27-34(32,33)21-13-28(4)15-25-21/h6-8,10,13-15,18,27H,9,11-12H2,1-5H3,(H,26,31). The summed E-state index contributed by atoms with van der Waals surface area (Å²) in [6.07, 6.45) is 6.93. The van der Waals surface area contributed by atoms with Crippen LogP contribution < -0.4 is 14.9 Å². The number of nitrogens with one attached hydrogen (secondary N) is 2. The number of aryl methyl sites for hydroxylation is 2. The first kappa shape index (κ1) is 24.0. The smallest absolute Gasteiger partial charge is 0.259 e. The average Bonchev–Trinajstić information content (AvgIpc) is 3.35. The van der Waals surface area contributed by atoms with Crippen LogP contribution in [0, 0.1) is 0 Å². The van der Waals surface area contributed by atoms with Crippen molar-refractivity contribution in [2.24, 2.45) is 14.1 Å². The molecule has 3 heterocycles. The van der Waals surface area contributed by atoms with Gasteiger partial charge in [-0.25, -0.2) is 23.1 Å². The Bertz CT molecular complexity index is 1300. The lowest BCUT2D eigenvalue weighted by Gasteiger charge is -2.36. The third-order valence-corrected chi connectivity index (χ3v) is 7.03. The number of imidazole rings is 2. The van der Waals surface area contributed by atoms with Crippen molar-refractivity contribution < 1.29 is 13.2 Å². The van der Waals surface area contributed by atoms with Gasteiger partial charge in [-0.3, -0.25) is 4.79 Å². The van der Waals surface area contributed by atoms with Crippen LogP contribution in [-0.4, -0.2) is 51.6 Å². The summed E-state index contributed by atoms with van der Waals surface area (Å²) in [7, 11) is -0.141. The first-order valence-electron chi connectivity index (χ1n) is 11.1. The largest absolute Gasteiger partial charge is 0.364 e. The Balaban J connectivity index is 1.65. The van der Waals surface area contributed by atoms with E-state index in [9.17, 15) is 13.2 Å². The molecule has 1 unspecified atom stereocenters. The van der Waals surface area contributed by atoms with Gasteiger partial charge in [0.1, 0.15) is 0 Å². The zero-order valence-corrected chi connectivity index (χ0v) is 20.9. The van der Waals surface area contributed by atoms with E-state index in [1.54, 1.807) is 24.1 Å². The fourth-order valence-corrected chi connectivity index (χ4v) is 5.28. The van der Waals surface area contributed by atoms with Crippen LogP contribution in [0.3, 0.4) is 0 Å². The van der Waals surface area contributed by atoms with Gasteiger partial charge in [0.15, 0.2) is 5.03 Å². The number of hydrogen-bond donors (Lipinski definition) is 2. The topological polar surface area (TPSA) is 114 Å². The molecule has 0 saturated carbocycles. The quantitative estimate of drug-likeness (QED) is 0.548. The summed E-state index contributed by atoms with van der Waals surface area (Å²) >= 11 is 0. The number of anilines is 1. The second kappa shape index (κ2) is 8.88. The molecule has 2 N–H and O–H groups in total. The van der Waals surface area contributed by atoms with Crippen molar-refractivity contribution in [2.75, 3.05) is 11.4 Å². The number of aromatic nitrogens is 4. The normalized spacial score (nSPS) is 16.4. The number of sulfonamides is 1. The Morgan fingerprint density at radius 1 is 1.21 bits per heavy atom. The Labute approximate surface area is 200 Å². The van der Waals surface area contributed by atoms with Gasteiger partial charge in [-0.1, -0.05) is 0 Å². The van der Waals surface area contributed by atoms with E-state index in [0.717, 1.165) is 16.9 Å². The molecule has 4 rings (SSSR count). The summed E-state index contributed by atoms with van der Waals surface area (Å²) in [5, 5.41) is 2.97. The van der Waals surface area contributed by atoms with E-state index in [1.807, 2.05) is 50.6 Å². The van der Waals surface area contributed by atoms with Gasteiger partial charge in [0.2, 0.25) is 0 Å². The highest BCUT2D eigenvalue weighted by Crippen LogP contribution is 2.30. The van der Waals surface area contributed by atoms with Crippen LogP contribution in [-0.2, 0) is 37.1 Å². The summed E-state index contributed by atoms with van der Waals surface area (Å²) in [6.45, 7) is 6.82. The lowest BCUT2D eigenvalue weighted by molar-refractivity contribution is 0.0919. The number of rotatable bonds is 6. The third kappa shape index (κ3) is 5.31. The molecule has 0 saturated heterocycles. The highest BCUT2D eigenvalue weighted by molar-refractivity contribution is 7.89. The fourth-order valence-electron chi connectivity index (χ4n) is 4.07. The summed E-state index contributed by atoms with van der Waals surface area (Å²) in [6, 6.07) is 5.21. The summed E-state index contributed by atoms with van der Waals surface area (Å²) in [5.74, 6) is -0.162. The van der Waals surface area contributed by atoms with Crippen molar-refractivity contribution in [1.29, 1.82) is 0 Å². The Hall–Kier alpha value is -3.18. The van der Waals surface area contributed by atoms with Crippen LogP contribution in [0.15, 0.2) is 48.3 Å². The molecule has 0 spiro atoms. The number of carbonyl (C=O) groups is 1. The van der Waals surface area contributed by atoms with Gasteiger partial charge in [-0.2, -0.15) is 0 Å².